The van der Waals surface area contributed by atoms with E-state index in [9.17, 15) is 4.79 Å². The van der Waals surface area contributed by atoms with Gasteiger partial charge in [0.1, 0.15) is 11.8 Å². The molecule has 0 amide bonds. The normalized spacial score (nSPS) is 16.8. The van der Waals surface area contributed by atoms with Crippen molar-refractivity contribution in [2.75, 3.05) is 13.2 Å². The molecule has 1 saturated heterocycles. The summed E-state index contributed by atoms with van der Waals surface area (Å²) in [6, 6.07) is 5.53. The molecule has 17 heavy (non-hydrogen) atoms. The molecule has 88 valence electrons. The molecule has 1 aromatic heterocycles. The lowest BCUT2D eigenvalue weighted by atomic mass is 10.1. The van der Waals surface area contributed by atoms with Crippen molar-refractivity contribution in [1.82, 2.24) is 0 Å². The number of hydrogen-bond donors (Lipinski definition) is 0. The Kier molecular flexibility index (Phi) is 2.46. The molecular weight excluding hydrogens is 220 g/mol. The summed E-state index contributed by atoms with van der Waals surface area (Å²) in [5.41, 5.74) is 1.96. The largest absolute Gasteiger partial charge is 0.464 e. The van der Waals surface area contributed by atoms with Gasteiger partial charge in [0.25, 0.3) is 0 Å². The van der Waals surface area contributed by atoms with Crippen LogP contribution in [-0.2, 0) is 9.47 Å². The summed E-state index contributed by atoms with van der Waals surface area (Å²) in [4.78, 5) is 12.2. The zero-order valence-electron chi connectivity index (χ0n) is 9.43. The molecule has 1 aromatic carbocycles. The molecule has 1 aliphatic heterocycles. The molecule has 0 atom stereocenters. The monoisotopic (exact) mass is 232 g/mol. The zero-order valence-corrected chi connectivity index (χ0v) is 9.43. The summed E-state index contributed by atoms with van der Waals surface area (Å²) >= 11 is 0. The molecule has 0 aliphatic carbocycles. The molecule has 1 fully saturated rings. The van der Waals surface area contributed by atoms with Crippen LogP contribution in [0.3, 0.4) is 0 Å². The van der Waals surface area contributed by atoms with Crippen LogP contribution < -0.4 is 5.43 Å². The van der Waals surface area contributed by atoms with Crippen molar-refractivity contribution in [3.8, 4) is 0 Å². The van der Waals surface area contributed by atoms with Gasteiger partial charge in [-0.2, -0.15) is 0 Å². The Balaban J connectivity index is 2.21. The van der Waals surface area contributed by atoms with Crippen molar-refractivity contribution >= 4 is 11.0 Å². The van der Waals surface area contributed by atoms with Crippen molar-refractivity contribution in [3.05, 3.63) is 45.8 Å². The first-order valence-electron chi connectivity index (χ1n) is 5.51. The summed E-state index contributed by atoms with van der Waals surface area (Å²) in [5, 5.41) is 0.571. The van der Waals surface area contributed by atoms with Crippen molar-refractivity contribution in [2.24, 2.45) is 0 Å². The highest BCUT2D eigenvalue weighted by Gasteiger charge is 2.22. The third-order valence-corrected chi connectivity index (χ3v) is 2.83. The van der Waals surface area contributed by atoms with Crippen LogP contribution >= 0.6 is 0 Å². The molecule has 0 spiro atoms. The van der Waals surface area contributed by atoms with Crippen LogP contribution in [-0.4, -0.2) is 13.2 Å². The highest BCUT2D eigenvalue weighted by atomic mass is 16.7. The Morgan fingerprint density at radius 1 is 1.24 bits per heavy atom. The molecule has 2 heterocycles. The van der Waals surface area contributed by atoms with Crippen molar-refractivity contribution in [1.29, 1.82) is 0 Å². The Bertz CT molecular complexity index is 608. The Morgan fingerprint density at radius 3 is 2.76 bits per heavy atom. The number of fused-ring (bicyclic) bond motifs is 1. The quantitative estimate of drug-likeness (QED) is 0.755. The SMILES string of the molecule is Cc1ccc2occ(C3OCCO3)c(=O)c2c1. The van der Waals surface area contributed by atoms with E-state index in [1.54, 1.807) is 6.07 Å². The van der Waals surface area contributed by atoms with Gasteiger partial charge < -0.3 is 13.9 Å². The summed E-state index contributed by atoms with van der Waals surface area (Å²) in [7, 11) is 0. The Morgan fingerprint density at radius 2 is 2.00 bits per heavy atom. The number of ether oxygens (including phenoxy) is 2. The van der Waals surface area contributed by atoms with Crippen molar-refractivity contribution < 1.29 is 13.9 Å². The van der Waals surface area contributed by atoms with E-state index in [-0.39, 0.29) is 5.43 Å². The zero-order chi connectivity index (χ0) is 11.8. The molecule has 4 nitrogen and oxygen atoms in total. The fourth-order valence-electron chi connectivity index (χ4n) is 1.96. The van der Waals surface area contributed by atoms with Gasteiger partial charge in [-0.25, -0.2) is 0 Å². The van der Waals surface area contributed by atoms with E-state index in [4.69, 9.17) is 13.9 Å². The van der Waals surface area contributed by atoms with E-state index in [2.05, 4.69) is 0 Å². The van der Waals surface area contributed by atoms with E-state index in [1.807, 2.05) is 19.1 Å². The Labute approximate surface area is 97.8 Å². The summed E-state index contributed by atoms with van der Waals surface area (Å²) < 4.78 is 16.1. The molecule has 0 unspecified atom stereocenters. The van der Waals surface area contributed by atoms with E-state index < -0.39 is 6.29 Å². The highest BCUT2D eigenvalue weighted by molar-refractivity contribution is 5.77. The average molecular weight is 232 g/mol. The predicted octanol–water partition coefficient (Wildman–Crippen LogP) is 2.15. The fraction of sp³-hybridized carbons (Fsp3) is 0.308. The third-order valence-electron chi connectivity index (χ3n) is 2.83. The van der Waals surface area contributed by atoms with Crippen LogP contribution in [0.15, 0.2) is 33.7 Å². The maximum atomic E-state index is 12.2. The molecule has 0 bridgehead atoms. The maximum Gasteiger partial charge on any atom is 0.200 e. The van der Waals surface area contributed by atoms with E-state index in [1.165, 1.54) is 6.26 Å². The van der Waals surface area contributed by atoms with E-state index in [0.29, 0.717) is 29.7 Å². The maximum absolute atomic E-state index is 12.2. The van der Waals surface area contributed by atoms with Gasteiger partial charge in [0, 0.05) is 0 Å². The van der Waals surface area contributed by atoms with Gasteiger partial charge in [0.05, 0.1) is 24.2 Å². The van der Waals surface area contributed by atoms with Gasteiger partial charge in [-0.3, -0.25) is 4.79 Å². The van der Waals surface area contributed by atoms with Gasteiger partial charge in [-0.1, -0.05) is 11.6 Å². The van der Waals surface area contributed by atoms with Gasteiger partial charge in [-0.05, 0) is 19.1 Å². The van der Waals surface area contributed by atoms with E-state index >= 15 is 0 Å². The lowest BCUT2D eigenvalue weighted by molar-refractivity contribution is -0.0457. The highest BCUT2D eigenvalue weighted by Crippen LogP contribution is 2.23. The standard InChI is InChI=1S/C13H12O4/c1-8-2-3-11-9(6-8)12(14)10(7-17-11)13-15-4-5-16-13/h2-3,6-7,13H,4-5H2,1H3. The molecule has 1 aliphatic rings. The first kappa shape index (κ1) is 10.5. The minimum Gasteiger partial charge on any atom is -0.464 e. The summed E-state index contributed by atoms with van der Waals surface area (Å²) in [6.07, 6.45) is 0.840. The third kappa shape index (κ3) is 1.75. The number of benzene rings is 1. The average Bonchev–Trinajstić information content (AvgIpc) is 2.84. The minimum absolute atomic E-state index is 0.0816. The number of rotatable bonds is 1. The fourth-order valence-corrected chi connectivity index (χ4v) is 1.96. The van der Waals surface area contributed by atoms with Crippen molar-refractivity contribution in [3.63, 3.8) is 0 Å². The second-order valence-electron chi connectivity index (χ2n) is 4.09. The molecule has 3 rings (SSSR count). The van der Waals surface area contributed by atoms with Crippen LogP contribution in [0.4, 0.5) is 0 Å². The van der Waals surface area contributed by atoms with Crippen LogP contribution in [0, 0.1) is 6.92 Å². The van der Waals surface area contributed by atoms with Gasteiger partial charge >= 0.3 is 0 Å². The Hall–Kier alpha value is -1.65. The second-order valence-corrected chi connectivity index (χ2v) is 4.09. The lowest BCUT2D eigenvalue weighted by Crippen LogP contribution is -2.13. The van der Waals surface area contributed by atoms with Crippen molar-refractivity contribution in [2.45, 2.75) is 13.2 Å². The summed E-state index contributed by atoms with van der Waals surface area (Å²) in [6.45, 7) is 2.96. The van der Waals surface area contributed by atoms with Crippen LogP contribution in [0.2, 0.25) is 0 Å². The topological polar surface area (TPSA) is 48.7 Å². The van der Waals surface area contributed by atoms with Gasteiger partial charge in [0.15, 0.2) is 6.29 Å². The molecule has 0 N–H and O–H groups in total. The smallest absolute Gasteiger partial charge is 0.200 e. The lowest BCUT2D eigenvalue weighted by Gasteiger charge is -2.08. The first-order chi connectivity index (χ1) is 8.25. The van der Waals surface area contributed by atoms with Gasteiger partial charge in [-0.15, -0.1) is 0 Å². The molecule has 0 radical (unpaired) electrons. The minimum atomic E-state index is -0.587. The van der Waals surface area contributed by atoms with E-state index in [0.717, 1.165) is 5.56 Å². The predicted molar refractivity (Wildman–Crippen MR) is 61.9 cm³/mol. The molecule has 0 saturated carbocycles. The van der Waals surface area contributed by atoms with Gasteiger partial charge in [0.2, 0.25) is 5.43 Å². The first-order valence-corrected chi connectivity index (χ1v) is 5.51. The van der Waals surface area contributed by atoms with Crippen LogP contribution in [0.5, 0.6) is 0 Å². The second kappa shape index (κ2) is 3.98. The number of hydrogen-bond acceptors (Lipinski definition) is 4. The van der Waals surface area contributed by atoms with Crippen LogP contribution in [0.1, 0.15) is 17.4 Å². The van der Waals surface area contributed by atoms with Crippen LogP contribution in [0.25, 0.3) is 11.0 Å². The summed E-state index contributed by atoms with van der Waals surface area (Å²) in [5.74, 6) is 0. The molecular formula is C13H12O4. The molecule has 4 heteroatoms. The number of aryl methyl sites for hydroxylation is 1. The molecule has 2 aromatic rings.